The number of benzene rings is 1. The highest BCUT2D eigenvalue weighted by Gasteiger charge is 2.11. The third-order valence-corrected chi connectivity index (χ3v) is 5.08. The number of nitrogens with one attached hydrogen (secondary N) is 1. The van der Waals surface area contributed by atoms with Crippen LogP contribution in [0.3, 0.4) is 0 Å². The highest BCUT2D eigenvalue weighted by molar-refractivity contribution is 8.00. The average molecular weight is 365 g/mol. The molecule has 6 nitrogen and oxygen atoms in total. The summed E-state index contributed by atoms with van der Waals surface area (Å²) in [5.41, 5.74) is 0.980. The normalized spacial score (nSPS) is 11.2. The predicted molar refractivity (Wildman–Crippen MR) is 91.6 cm³/mol. The molecular weight excluding hydrogens is 349 g/mol. The van der Waals surface area contributed by atoms with E-state index in [1.807, 2.05) is 13.8 Å². The second-order valence-corrected chi connectivity index (χ2v) is 7.55. The van der Waals surface area contributed by atoms with Crippen molar-refractivity contribution >= 4 is 28.2 Å². The van der Waals surface area contributed by atoms with Crippen molar-refractivity contribution in [3.8, 4) is 0 Å². The molecule has 3 aromatic rings. The smallest absolute Gasteiger partial charge is 0.229 e. The van der Waals surface area contributed by atoms with Crippen LogP contribution in [-0.2, 0) is 12.3 Å². The summed E-state index contributed by atoms with van der Waals surface area (Å²) in [6.07, 6.45) is 0. The van der Waals surface area contributed by atoms with Gasteiger partial charge in [-0.15, -0.1) is 10.2 Å². The first-order valence-corrected chi connectivity index (χ1v) is 9.17. The maximum atomic E-state index is 12.9. The number of nitrogens with zero attached hydrogens (tertiary/aromatic N) is 4. The van der Waals surface area contributed by atoms with Gasteiger partial charge in [-0.3, -0.25) is 0 Å². The highest BCUT2D eigenvalue weighted by atomic mass is 32.2. The third-order valence-electron chi connectivity index (χ3n) is 3.07. The van der Waals surface area contributed by atoms with Crippen LogP contribution in [0.4, 0.5) is 9.52 Å². The molecule has 0 radical (unpaired) electrons. The van der Waals surface area contributed by atoms with Gasteiger partial charge in [0.15, 0.2) is 10.2 Å². The van der Waals surface area contributed by atoms with Gasteiger partial charge in [0.25, 0.3) is 0 Å². The van der Waals surface area contributed by atoms with E-state index >= 15 is 0 Å². The van der Waals surface area contributed by atoms with E-state index in [9.17, 15) is 4.39 Å². The number of hydrogen-bond donors (Lipinski definition) is 1. The van der Waals surface area contributed by atoms with Crippen LogP contribution in [0, 0.1) is 5.82 Å². The molecule has 0 fully saturated rings. The lowest BCUT2D eigenvalue weighted by atomic mass is 10.2. The summed E-state index contributed by atoms with van der Waals surface area (Å²) in [5, 5.41) is 16.1. The first-order valence-electron chi connectivity index (χ1n) is 7.37. The van der Waals surface area contributed by atoms with Crippen molar-refractivity contribution in [2.75, 3.05) is 5.32 Å². The minimum absolute atomic E-state index is 0.222. The van der Waals surface area contributed by atoms with E-state index in [0.717, 1.165) is 15.0 Å². The topological polar surface area (TPSA) is 76.7 Å². The minimum Gasteiger partial charge on any atom is -0.356 e. The first-order chi connectivity index (χ1) is 11.6. The van der Waals surface area contributed by atoms with Crippen molar-refractivity contribution in [3.05, 3.63) is 47.4 Å². The Balaban J connectivity index is 1.50. The Morgan fingerprint density at radius 1 is 1.25 bits per heavy atom. The molecule has 2 heterocycles. The van der Waals surface area contributed by atoms with Gasteiger partial charge in [-0.2, -0.15) is 4.98 Å². The van der Waals surface area contributed by atoms with Crippen molar-refractivity contribution < 1.29 is 8.91 Å². The zero-order chi connectivity index (χ0) is 16.9. The van der Waals surface area contributed by atoms with Crippen LogP contribution in [0.1, 0.15) is 37.0 Å². The Morgan fingerprint density at radius 2 is 2.04 bits per heavy atom. The van der Waals surface area contributed by atoms with Gasteiger partial charge >= 0.3 is 0 Å². The highest BCUT2D eigenvalue weighted by Crippen LogP contribution is 2.28. The standard InChI is InChI=1S/C15H16FN5OS2/c1-9(2)13-18-12(21-22-13)8-23-15-20-19-14(24-15)17-7-10-3-5-11(16)6-4-10/h3-6,9H,7-8H2,1-2H3,(H,17,19). The lowest BCUT2D eigenvalue weighted by Crippen LogP contribution is -1.98. The second-order valence-electron chi connectivity index (χ2n) is 5.35. The van der Waals surface area contributed by atoms with Crippen LogP contribution in [0.25, 0.3) is 0 Å². The fraction of sp³-hybridized carbons (Fsp3) is 0.333. The molecule has 2 aromatic heterocycles. The molecule has 0 saturated carbocycles. The van der Waals surface area contributed by atoms with Gasteiger partial charge < -0.3 is 9.84 Å². The van der Waals surface area contributed by atoms with Crippen LogP contribution >= 0.6 is 23.1 Å². The Bertz CT molecular complexity index is 787. The number of hydrogen-bond acceptors (Lipinski definition) is 8. The van der Waals surface area contributed by atoms with Crippen LogP contribution in [0.5, 0.6) is 0 Å². The molecule has 0 saturated heterocycles. The Kier molecular flexibility index (Phi) is 5.41. The van der Waals surface area contributed by atoms with Crippen LogP contribution < -0.4 is 5.32 Å². The van der Waals surface area contributed by atoms with E-state index in [0.29, 0.717) is 24.0 Å². The minimum atomic E-state index is -0.240. The van der Waals surface area contributed by atoms with Gasteiger partial charge in [0, 0.05) is 12.5 Å². The van der Waals surface area contributed by atoms with Gasteiger partial charge in [-0.25, -0.2) is 4.39 Å². The molecule has 0 aliphatic heterocycles. The summed E-state index contributed by atoms with van der Waals surface area (Å²) in [6, 6.07) is 6.35. The summed E-state index contributed by atoms with van der Waals surface area (Å²) in [4.78, 5) is 4.33. The fourth-order valence-electron chi connectivity index (χ4n) is 1.81. The largest absolute Gasteiger partial charge is 0.356 e. The number of halogens is 1. The molecule has 0 bridgehead atoms. The maximum Gasteiger partial charge on any atom is 0.229 e. The fourth-order valence-corrected chi connectivity index (χ4v) is 3.40. The lowest BCUT2D eigenvalue weighted by Gasteiger charge is -2.01. The summed E-state index contributed by atoms with van der Waals surface area (Å²) >= 11 is 2.97. The third kappa shape index (κ3) is 4.51. The van der Waals surface area contributed by atoms with Crippen molar-refractivity contribution in [3.63, 3.8) is 0 Å². The summed E-state index contributed by atoms with van der Waals surface area (Å²) in [5.74, 6) is 1.86. The van der Waals surface area contributed by atoms with Crippen molar-refractivity contribution in [1.82, 2.24) is 20.3 Å². The van der Waals surface area contributed by atoms with Crippen molar-refractivity contribution in [2.24, 2.45) is 0 Å². The lowest BCUT2D eigenvalue weighted by molar-refractivity contribution is 0.362. The van der Waals surface area contributed by atoms with Crippen molar-refractivity contribution in [2.45, 2.75) is 36.4 Å². The molecule has 9 heteroatoms. The zero-order valence-corrected chi connectivity index (χ0v) is 14.8. The Morgan fingerprint density at radius 3 is 2.75 bits per heavy atom. The van der Waals surface area contributed by atoms with E-state index in [1.54, 1.807) is 12.1 Å². The Hall–Kier alpha value is -2.00. The number of aromatic nitrogens is 4. The van der Waals surface area contributed by atoms with Crippen LogP contribution in [-0.4, -0.2) is 20.3 Å². The van der Waals surface area contributed by atoms with Gasteiger partial charge in [0.2, 0.25) is 11.0 Å². The summed E-state index contributed by atoms with van der Waals surface area (Å²) < 4.78 is 18.9. The second kappa shape index (κ2) is 7.71. The van der Waals surface area contributed by atoms with E-state index < -0.39 is 0 Å². The molecule has 1 N–H and O–H groups in total. The van der Waals surface area contributed by atoms with E-state index in [4.69, 9.17) is 4.52 Å². The molecule has 24 heavy (non-hydrogen) atoms. The van der Waals surface area contributed by atoms with Crippen LogP contribution in [0.15, 0.2) is 33.1 Å². The SMILES string of the molecule is CC(C)c1nc(CSc2nnc(NCc3ccc(F)cc3)s2)no1. The molecule has 0 aliphatic rings. The molecule has 0 spiro atoms. The van der Waals surface area contributed by atoms with Gasteiger partial charge in [-0.1, -0.05) is 54.2 Å². The summed E-state index contributed by atoms with van der Waals surface area (Å²) in [6.45, 7) is 4.59. The van der Waals surface area contributed by atoms with Gasteiger partial charge in [0.05, 0.1) is 5.75 Å². The first kappa shape index (κ1) is 16.8. The zero-order valence-electron chi connectivity index (χ0n) is 13.2. The predicted octanol–water partition coefficient (Wildman–Crippen LogP) is 4.09. The molecule has 126 valence electrons. The molecule has 0 amide bonds. The monoisotopic (exact) mass is 365 g/mol. The molecule has 0 unspecified atom stereocenters. The average Bonchev–Trinajstić information content (AvgIpc) is 3.22. The van der Waals surface area contributed by atoms with Gasteiger partial charge in [-0.05, 0) is 17.7 Å². The molecule has 0 atom stereocenters. The molecule has 1 aromatic carbocycles. The number of rotatable bonds is 7. The Labute approximate surface area is 146 Å². The summed E-state index contributed by atoms with van der Waals surface area (Å²) in [7, 11) is 0. The van der Waals surface area contributed by atoms with Gasteiger partial charge in [0.1, 0.15) is 5.82 Å². The number of anilines is 1. The quantitative estimate of drug-likeness (QED) is 0.632. The molecule has 0 aliphatic carbocycles. The molecular formula is C15H16FN5OS2. The van der Waals surface area contributed by atoms with E-state index in [2.05, 4.69) is 25.7 Å². The van der Waals surface area contributed by atoms with E-state index in [1.165, 1.54) is 35.2 Å². The maximum absolute atomic E-state index is 12.9. The number of thioether (sulfide) groups is 1. The molecule has 3 rings (SSSR count). The van der Waals surface area contributed by atoms with Crippen LogP contribution in [0.2, 0.25) is 0 Å². The van der Waals surface area contributed by atoms with E-state index in [-0.39, 0.29) is 11.7 Å². The van der Waals surface area contributed by atoms with Crippen molar-refractivity contribution in [1.29, 1.82) is 0 Å².